The Bertz CT molecular complexity index is 570. The third-order valence-electron chi connectivity index (χ3n) is 2.61. The molecule has 5 nitrogen and oxygen atoms in total. The molecule has 92 valence electrons. The van der Waals surface area contributed by atoms with E-state index in [-0.39, 0.29) is 5.69 Å². The quantitative estimate of drug-likeness (QED) is 0.662. The minimum absolute atomic E-state index is 0.109. The number of nitro benzene ring substituents is 1. The highest BCUT2D eigenvalue weighted by atomic mass is 16.6. The van der Waals surface area contributed by atoms with Gasteiger partial charge in [-0.25, -0.2) is 0 Å². The lowest BCUT2D eigenvalue weighted by Crippen LogP contribution is -2.02. The second-order valence-corrected chi connectivity index (χ2v) is 3.92. The normalized spacial score (nSPS) is 10.1. The summed E-state index contributed by atoms with van der Waals surface area (Å²) in [5, 5.41) is 13.9. The molecule has 0 aliphatic carbocycles. The number of non-ortho nitro benzene ring substituents is 1. The molecule has 1 aromatic carbocycles. The van der Waals surface area contributed by atoms with Gasteiger partial charge in [0.25, 0.3) is 5.69 Å². The molecule has 0 unspecified atom stereocenters. The summed E-state index contributed by atoms with van der Waals surface area (Å²) in [4.78, 5) is 14.4. The highest BCUT2D eigenvalue weighted by Gasteiger charge is 2.05. The number of aryl methyl sites for hydroxylation is 1. The molecule has 5 heteroatoms. The van der Waals surface area contributed by atoms with Crippen molar-refractivity contribution in [2.45, 2.75) is 13.5 Å². The molecule has 2 rings (SSSR count). The monoisotopic (exact) mass is 243 g/mol. The predicted molar refractivity (Wildman–Crippen MR) is 69.4 cm³/mol. The van der Waals surface area contributed by atoms with Gasteiger partial charge in [-0.1, -0.05) is 12.1 Å². The van der Waals surface area contributed by atoms with Crippen LogP contribution < -0.4 is 5.32 Å². The van der Waals surface area contributed by atoms with Crippen LogP contribution in [0.1, 0.15) is 11.3 Å². The lowest BCUT2D eigenvalue weighted by molar-refractivity contribution is -0.384. The molecular weight excluding hydrogens is 230 g/mol. The Hall–Kier alpha value is -2.43. The lowest BCUT2D eigenvalue weighted by atomic mass is 10.2. The van der Waals surface area contributed by atoms with Crippen LogP contribution in [-0.2, 0) is 6.54 Å². The fourth-order valence-electron chi connectivity index (χ4n) is 1.65. The first kappa shape index (κ1) is 12.0. The van der Waals surface area contributed by atoms with Crippen molar-refractivity contribution in [2.24, 2.45) is 0 Å². The number of nitrogens with zero attached hydrogens (tertiary/aromatic N) is 2. The molecular formula is C13H13N3O2. The molecule has 2 aromatic rings. The summed E-state index contributed by atoms with van der Waals surface area (Å²) in [6, 6.07) is 10.4. The Labute approximate surface area is 105 Å². The number of anilines is 1. The van der Waals surface area contributed by atoms with Gasteiger partial charge in [-0.2, -0.15) is 0 Å². The molecule has 0 bridgehead atoms. The van der Waals surface area contributed by atoms with E-state index in [1.807, 2.05) is 25.1 Å². The zero-order chi connectivity index (χ0) is 13.0. The number of nitro groups is 1. The first-order valence-electron chi connectivity index (χ1n) is 5.55. The molecule has 0 fully saturated rings. The van der Waals surface area contributed by atoms with E-state index in [4.69, 9.17) is 0 Å². The summed E-state index contributed by atoms with van der Waals surface area (Å²) in [5.41, 5.74) is 2.82. The second kappa shape index (κ2) is 5.27. The molecule has 0 aliphatic heterocycles. The van der Waals surface area contributed by atoms with Crippen LogP contribution in [0.2, 0.25) is 0 Å². The molecule has 18 heavy (non-hydrogen) atoms. The third kappa shape index (κ3) is 2.82. The lowest BCUT2D eigenvalue weighted by Gasteiger charge is -2.08. The van der Waals surface area contributed by atoms with E-state index >= 15 is 0 Å². The number of pyridine rings is 1. The minimum atomic E-state index is -0.390. The van der Waals surface area contributed by atoms with Crippen molar-refractivity contribution in [3.05, 3.63) is 64.0 Å². The van der Waals surface area contributed by atoms with Crippen LogP contribution in [0.25, 0.3) is 0 Å². The van der Waals surface area contributed by atoms with Gasteiger partial charge in [0.1, 0.15) is 0 Å². The average Bonchev–Trinajstić information content (AvgIpc) is 2.38. The number of aromatic nitrogens is 1. The standard InChI is InChI=1S/C13H13N3O2/c1-10-13(6-3-7-14-10)15-9-11-4-2-5-12(8-11)16(17)18/h2-8,15H,9H2,1H3. The molecule has 0 saturated carbocycles. The maximum atomic E-state index is 10.7. The Morgan fingerprint density at radius 2 is 2.17 bits per heavy atom. The Morgan fingerprint density at radius 1 is 1.33 bits per heavy atom. The van der Waals surface area contributed by atoms with Crippen LogP contribution >= 0.6 is 0 Å². The van der Waals surface area contributed by atoms with Gasteiger partial charge >= 0.3 is 0 Å². The zero-order valence-corrected chi connectivity index (χ0v) is 9.96. The summed E-state index contributed by atoms with van der Waals surface area (Å²) >= 11 is 0. The molecule has 1 heterocycles. The maximum absolute atomic E-state index is 10.7. The van der Waals surface area contributed by atoms with Gasteiger partial charge in [-0.3, -0.25) is 15.1 Å². The van der Waals surface area contributed by atoms with Gasteiger partial charge in [0.15, 0.2) is 0 Å². The fraction of sp³-hybridized carbons (Fsp3) is 0.154. The van der Waals surface area contributed by atoms with E-state index in [1.54, 1.807) is 18.3 Å². The smallest absolute Gasteiger partial charge is 0.269 e. The van der Waals surface area contributed by atoms with E-state index in [9.17, 15) is 10.1 Å². The van der Waals surface area contributed by atoms with E-state index in [1.165, 1.54) is 6.07 Å². The maximum Gasteiger partial charge on any atom is 0.269 e. The van der Waals surface area contributed by atoms with Gasteiger partial charge in [0.2, 0.25) is 0 Å². The van der Waals surface area contributed by atoms with Crippen molar-refractivity contribution >= 4 is 11.4 Å². The summed E-state index contributed by atoms with van der Waals surface area (Å²) < 4.78 is 0. The summed E-state index contributed by atoms with van der Waals surface area (Å²) in [6.07, 6.45) is 1.73. The van der Waals surface area contributed by atoms with Crippen LogP contribution in [-0.4, -0.2) is 9.91 Å². The number of nitrogens with one attached hydrogen (secondary N) is 1. The Kier molecular flexibility index (Phi) is 3.52. The molecule has 0 radical (unpaired) electrons. The highest BCUT2D eigenvalue weighted by molar-refractivity contribution is 5.47. The Morgan fingerprint density at radius 3 is 2.89 bits per heavy atom. The number of hydrogen-bond donors (Lipinski definition) is 1. The first-order chi connectivity index (χ1) is 8.66. The van der Waals surface area contributed by atoms with Gasteiger partial charge in [-0.05, 0) is 24.6 Å². The zero-order valence-electron chi connectivity index (χ0n) is 9.96. The largest absolute Gasteiger partial charge is 0.379 e. The van der Waals surface area contributed by atoms with Crippen molar-refractivity contribution in [2.75, 3.05) is 5.32 Å². The molecule has 1 N–H and O–H groups in total. The van der Waals surface area contributed by atoms with Crippen LogP contribution in [0, 0.1) is 17.0 Å². The number of rotatable bonds is 4. The fourth-order valence-corrected chi connectivity index (χ4v) is 1.65. The van der Waals surface area contributed by atoms with Crippen molar-refractivity contribution in [3.63, 3.8) is 0 Å². The molecule has 0 saturated heterocycles. The minimum Gasteiger partial charge on any atom is -0.379 e. The van der Waals surface area contributed by atoms with Crippen molar-refractivity contribution < 1.29 is 4.92 Å². The van der Waals surface area contributed by atoms with Crippen LogP contribution in [0.3, 0.4) is 0 Å². The van der Waals surface area contributed by atoms with Crippen molar-refractivity contribution in [3.8, 4) is 0 Å². The molecule has 0 aliphatic rings. The number of hydrogen-bond acceptors (Lipinski definition) is 4. The summed E-state index contributed by atoms with van der Waals surface area (Å²) in [7, 11) is 0. The van der Waals surface area contributed by atoms with Gasteiger partial charge in [0.05, 0.1) is 16.3 Å². The first-order valence-corrected chi connectivity index (χ1v) is 5.55. The van der Waals surface area contributed by atoms with Crippen molar-refractivity contribution in [1.82, 2.24) is 4.98 Å². The van der Waals surface area contributed by atoms with E-state index in [0.717, 1.165) is 16.9 Å². The van der Waals surface area contributed by atoms with Gasteiger partial charge in [0, 0.05) is 24.9 Å². The average molecular weight is 243 g/mol. The van der Waals surface area contributed by atoms with Crippen LogP contribution in [0.15, 0.2) is 42.6 Å². The molecule has 0 atom stereocenters. The SMILES string of the molecule is Cc1ncccc1NCc1cccc([N+](=O)[O-])c1. The third-order valence-corrected chi connectivity index (χ3v) is 2.61. The molecule has 0 spiro atoms. The predicted octanol–water partition coefficient (Wildman–Crippen LogP) is 2.91. The van der Waals surface area contributed by atoms with E-state index in [0.29, 0.717) is 6.54 Å². The van der Waals surface area contributed by atoms with Crippen LogP contribution in [0.4, 0.5) is 11.4 Å². The Balaban J connectivity index is 2.09. The second-order valence-electron chi connectivity index (χ2n) is 3.92. The van der Waals surface area contributed by atoms with E-state index < -0.39 is 4.92 Å². The highest BCUT2D eigenvalue weighted by Crippen LogP contribution is 2.16. The van der Waals surface area contributed by atoms with Crippen LogP contribution in [0.5, 0.6) is 0 Å². The molecule has 1 aromatic heterocycles. The summed E-state index contributed by atoms with van der Waals surface area (Å²) in [6.45, 7) is 2.45. The van der Waals surface area contributed by atoms with Crippen molar-refractivity contribution in [1.29, 1.82) is 0 Å². The van der Waals surface area contributed by atoms with Gasteiger partial charge in [-0.15, -0.1) is 0 Å². The summed E-state index contributed by atoms with van der Waals surface area (Å²) in [5.74, 6) is 0. The van der Waals surface area contributed by atoms with E-state index in [2.05, 4.69) is 10.3 Å². The van der Waals surface area contributed by atoms with Gasteiger partial charge < -0.3 is 5.32 Å². The topological polar surface area (TPSA) is 68.1 Å². The number of benzene rings is 1. The molecule has 0 amide bonds.